The molecule has 0 aliphatic heterocycles. The molecule has 0 amide bonds. The zero-order valence-corrected chi connectivity index (χ0v) is 28.9. The average Bonchev–Trinajstić information content (AvgIpc) is 3.54. The second-order valence-electron chi connectivity index (χ2n) is 13.9. The van der Waals surface area contributed by atoms with Crippen LogP contribution in [0.3, 0.4) is 0 Å². The fraction of sp³-hybridized carbons (Fsp3) is 0.102. The van der Waals surface area contributed by atoms with Gasteiger partial charge in [0, 0.05) is 27.8 Å². The lowest BCUT2D eigenvalue weighted by Gasteiger charge is -2.42. The number of nitrogens with zero attached hydrogens (tertiary/aromatic N) is 2. The predicted molar refractivity (Wildman–Crippen MR) is 218 cm³/mol. The Morgan fingerprint density at radius 3 is 1.92 bits per heavy atom. The van der Waals surface area contributed by atoms with E-state index in [0.29, 0.717) is 0 Å². The summed E-state index contributed by atoms with van der Waals surface area (Å²) in [7, 11) is 0. The molecule has 0 saturated heterocycles. The van der Waals surface area contributed by atoms with E-state index < -0.39 is 0 Å². The van der Waals surface area contributed by atoms with Crippen molar-refractivity contribution in [1.29, 1.82) is 0 Å². The van der Waals surface area contributed by atoms with Gasteiger partial charge < -0.3 is 9.47 Å². The molecule has 7 aromatic rings. The van der Waals surface area contributed by atoms with Gasteiger partial charge in [-0.15, -0.1) is 0 Å². The summed E-state index contributed by atoms with van der Waals surface area (Å²) < 4.78 is 2.38. The summed E-state index contributed by atoms with van der Waals surface area (Å²) in [6.07, 6.45) is 16.9. The zero-order chi connectivity index (χ0) is 34.2. The number of hydrogen-bond donors (Lipinski definition) is 0. The van der Waals surface area contributed by atoms with Gasteiger partial charge in [-0.2, -0.15) is 0 Å². The van der Waals surface area contributed by atoms with Crippen LogP contribution < -0.4 is 4.90 Å². The van der Waals surface area contributed by atoms with E-state index in [9.17, 15) is 0 Å². The van der Waals surface area contributed by atoms with Crippen molar-refractivity contribution in [2.45, 2.75) is 31.7 Å². The van der Waals surface area contributed by atoms with Crippen molar-refractivity contribution >= 4 is 44.3 Å². The first-order chi connectivity index (χ1) is 25.1. The third-order valence-electron chi connectivity index (χ3n) is 10.6. The Bertz CT molecular complexity index is 2440. The number of benzene rings is 6. The summed E-state index contributed by atoms with van der Waals surface area (Å²) in [5.74, 6) is 0. The normalized spacial score (nSPS) is 17.0. The molecule has 6 aromatic carbocycles. The molecule has 0 saturated carbocycles. The number of aromatic nitrogens is 1. The van der Waals surface area contributed by atoms with Crippen molar-refractivity contribution in [3.05, 3.63) is 199 Å². The van der Waals surface area contributed by atoms with E-state index in [-0.39, 0.29) is 5.54 Å². The summed E-state index contributed by atoms with van der Waals surface area (Å²) >= 11 is 0. The fourth-order valence-corrected chi connectivity index (χ4v) is 7.97. The summed E-state index contributed by atoms with van der Waals surface area (Å²) in [5, 5.41) is 2.57. The van der Waals surface area contributed by atoms with Gasteiger partial charge in [-0.05, 0) is 108 Å². The lowest BCUT2D eigenvalue weighted by Crippen LogP contribution is -2.42. The van der Waals surface area contributed by atoms with E-state index in [1.54, 1.807) is 0 Å². The van der Waals surface area contributed by atoms with Crippen molar-refractivity contribution in [2.75, 3.05) is 4.90 Å². The number of rotatable bonds is 7. The highest BCUT2D eigenvalue weighted by Crippen LogP contribution is 2.42. The largest absolute Gasteiger partial charge is 0.332 e. The molecule has 0 fully saturated rings. The SMILES string of the molecule is CC1(N(c2ccc(C3=CC=CCC3)cc2)c2cccc(-c3ccccc3)c2)C=CC(c2ccc(-n3c4ccccc4c4ccccc43)cc2)=CC1. The van der Waals surface area contributed by atoms with Gasteiger partial charge in [-0.3, -0.25) is 0 Å². The molecular weight excluding hydrogens is 617 g/mol. The number of hydrogen-bond acceptors (Lipinski definition) is 1. The van der Waals surface area contributed by atoms with Crippen LogP contribution in [0.25, 0.3) is 49.8 Å². The first-order valence-electron chi connectivity index (χ1n) is 18.0. The van der Waals surface area contributed by atoms with Gasteiger partial charge in [-0.25, -0.2) is 0 Å². The quantitative estimate of drug-likeness (QED) is 0.166. The van der Waals surface area contributed by atoms with Crippen LogP contribution in [0, 0.1) is 0 Å². The third-order valence-corrected chi connectivity index (χ3v) is 10.6. The lowest BCUT2D eigenvalue weighted by atomic mass is 9.85. The molecule has 2 nitrogen and oxygen atoms in total. The minimum Gasteiger partial charge on any atom is -0.332 e. The molecule has 1 unspecified atom stereocenters. The molecule has 2 aliphatic carbocycles. The van der Waals surface area contributed by atoms with Crippen molar-refractivity contribution in [3.63, 3.8) is 0 Å². The third kappa shape index (κ3) is 5.73. The molecule has 2 heteroatoms. The van der Waals surface area contributed by atoms with Crippen molar-refractivity contribution in [3.8, 4) is 16.8 Å². The Labute approximate surface area is 300 Å². The maximum atomic E-state index is 2.52. The van der Waals surface area contributed by atoms with Gasteiger partial charge in [0.2, 0.25) is 0 Å². The number of allylic oxidation sites excluding steroid dienone is 6. The van der Waals surface area contributed by atoms with E-state index in [2.05, 4.69) is 205 Å². The Morgan fingerprint density at radius 2 is 1.25 bits per heavy atom. The van der Waals surface area contributed by atoms with Crippen LogP contribution in [0.5, 0.6) is 0 Å². The summed E-state index contributed by atoms with van der Waals surface area (Å²) in [5.41, 5.74) is 13.4. The molecule has 0 bridgehead atoms. The Balaban J connectivity index is 1.05. The van der Waals surface area contributed by atoms with Crippen molar-refractivity contribution in [1.82, 2.24) is 4.57 Å². The summed E-state index contributed by atoms with van der Waals surface area (Å²) in [4.78, 5) is 2.52. The van der Waals surface area contributed by atoms with Crippen LogP contribution in [0.15, 0.2) is 188 Å². The molecule has 9 rings (SSSR count). The second kappa shape index (κ2) is 13.0. The van der Waals surface area contributed by atoms with Crippen LogP contribution in [0.1, 0.15) is 37.3 Å². The van der Waals surface area contributed by atoms with Crippen molar-refractivity contribution < 1.29 is 0 Å². The molecule has 0 radical (unpaired) electrons. The van der Waals surface area contributed by atoms with Crippen LogP contribution in [-0.2, 0) is 0 Å². The van der Waals surface area contributed by atoms with Crippen LogP contribution >= 0.6 is 0 Å². The number of para-hydroxylation sites is 2. The van der Waals surface area contributed by atoms with E-state index >= 15 is 0 Å². The summed E-state index contributed by atoms with van der Waals surface area (Å²) in [6, 6.07) is 55.3. The molecule has 246 valence electrons. The molecule has 0 spiro atoms. The minimum absolute atomic E-state index is 0.268. The lowest BCUT2D eigenvalue weighted by molar-refractivity contribution is 0.571. The van der Waals surface area contributed by atoms with E-state index in [1.807, 2.05) is 0 Å². The smallest absolute Gasteiger partial charge is 0.0643 e. The maximum absolute atomic E-state index is 2.52. The zero-order valence-electron chi connectivity index (χ0n) is 28.9. The highest BCUT2D eigenvalue weighted by Gasteiger charge is 2.32. The van der Waals surface area contributed by atoms with Crippen LogP contribution in [0.2, 0.25) is 0 Å². The Hall–Kier alpha value is -6.12. The Morgan fingerprint density at radius 1 is 0.588 bits per heavy atom. The fourth-order valence-electron chi connectivity index (χ4n) is 7.97. The second-order valence-corrected chi connectivity index (χ2v) is 13.9. The van der Waals surface area contributed by atoms with Gasteiger partial charge in [-0.1, -0.05) is 140 Å². The van der Waals surface area contributed by atoms with Gasteiger partial charge in [0.15, 0.2) is 0 Å². The van der Waals surface area contributed by atoms with E-state index in [4.69, 9.17) is 0 Å². The molecule has 2 aliphatic rings. The van der Waals surface area contributed by atoms with Crippen LogP contribution in [0.4, 0.5) is 11.4 Å². The standard InChI is InChI=1S/C49H40N2/c1-49(33-31-40(32-34-49)39-23-27-42(28-24-39)50-47-21-10-8-19-45(47)46-20-9-11-22-48(46)50)51(43-29-25-38(26-30-43)36-13-4-2-5-14-36)44-18-12-17-41(35-44)37-15-6-3-7-16-37/h2-4,6-13,15-33,35H,5,14,34H2,1H3. The summed E-state index contributed by atoms with van der Waals surface area (Å²) in [6.45, 7) is 2.36. The van der Waals surface area contributed by atoms with Gasteiger partial charge >= 0.3 is 0 Å². The number of fused-ring (bicyclic) bond motifs is 3. The van der Waals surface area contributed by atoms with E-state index in [1.165, 1.54) is 72.3 Å². The van der Waals surface area contributed by atoms with Crippen LogP contribution in [-0.4, -0.2) is 10.1 Å². The van der Waals surface area contributed by atoms with Gasteiger partial charge in [0.25, 0.3) is 0 Å². The monoisotopic (exact) mass is 656 g/mol. The highest BCUT2D eigenvalue weighted by molar-refractivity contribution is 6.09. The van der Waals surface area contributed by atoms with E-state index in [0.717, 1.165) is 19.3 Å². The van der Waals surface area contributed by atoms with Crippen molar-refractivity contribution in [2.24, 2.45) is 0 Å². The molecule has 1 aromatic heterocycles. The van der Waals surface area contributed by atoms with Gasteiger partial charge in [0.05, 0.1) is 16.6 Å². The molecule has 51 heavy (non-hydrogen) atoms. The highest BCUT2D eigenvalue weighted by atomic mass is 15.2. The Kier molecular flexibility index (Phi) is 7.86. The molecular formula is C49H40N2. The molecule has 1 atom stereocenters. The average molecular weight is 657 g/mol. The predicted octanol–water partition coefficient (Wildman–Crippen LogP) is 13.1. The molecule has 1 heterocycles. The maximum Gasteiger partial charge on any atom is 0.0643 e. The van der Waals surface area contributed by atoms with Gasteiger partial charge in [0.1, 0.15) is 0 Å². The first-order valence-corrected chi connectivity index (χ1v) is 18.0. The first kappa shape index (κ1) is 30.9. The number of anilines is 2. The topological polar surface area (TPSA) is 8.17 Å². The minimum atomic E-state index is -0.268. The molecule has 0 N–H and O–H groups in total.